The maximum Gasteiger partial charge on any atom is 0.334 e. The van der Waals surface area contributed by atoms with Crippen LogP contribution in [0.25, 0.3) is 0 Å². The first-order valence-corrected chi connectivity index (χ1v) is 11.3. The number of hydroxylamine groups is 2. The Bertz CT molecular complexity index is 620. The Morgan fingerprint density at radius 2 is 1.80 bits per heavy atom. The lowest BCUT2D eigenvalue weighted by Crippen LogP contribution is -2.50. The van der Waals surface area contributed by atoms with Gasteiger partial charge in [0.2, 0.25) is 5.91 Å². The number of imide groups is 1. The normalized spacial score (nSPS) is 23.7. The highest BCUT2D eigenvalue weighted by Crippen LogP contribution is 2.28. The quantitative estimate of drug-likeness (QED) is 0.542. The number of piperidine rings is 1. The van der Waals surface area contributed by atoms with Crippen LogP contribution in [0.3, 0.4) is 0 Å². The minimum Gasteiger partial charge on any atom is -0.354 e. The zero-order chi connectivity index (χ0) is 22.3. The van der Waals surface area contributed by atoms with Gasteiger partial charge in [-0.1, -0.05) is 27.2 Å². The van der Waals surface area contributed by atoms with Crippen LogP contribution in [0.1, 0.15) is 79.1 Å². The molecule has 0 spiro atoms. The van der Waals surface area contributed by atoms with E-state index in [2.05, 4.69) is 37.9 Å². The van der Waals surface area contributed by atoms with E-state index in [1.54, 1.807) is 0 Å². The fourth-order valence-electron chi connectivity index (χ4n) is 4.06. The Labute approximate surface area is 179 Å². The van der Waals surface area contributed by atoms with Crippen molar-refractivity contribution in [3.05, 3.63) is 0 Å². The van der Waals surface area contributed by atoms with E-state index in [4.69, 9.17) is 4.84 Å². The van der Waals surface area contributed by atoms with Crippen LogP contribution in [-0.2, 0) is 24.0 Å². The topological polar surface area (TPSA) is 96.0 Å². The summed E-state index contributed by atoms with van der Waals surface area (Å²) in [5, 5.41) is 3.29. The summed E-state index contributed by atoms with van der Waals surface area (Å²) in [7, 11) is 0. The van der Waals surface area contributed by atoms with Gasteiger partial charge in [0.1, 0.15) is 0 Å². The number of nitrogens with one attached hydrogen (secondary N) is 1. The number of rotatable bonds is 10. The molecule has 0 aliphatic carbocycles. The lowest BCUT2D eigenvalue weighted by Gasteiger charge is -2.41. The SMILES string of the molecule is CC(C)[C@@H](C)CCC1CCCC(C)N1CC(=O)NCCC(=O)ON1C(=O)CCC1=O. The third-order valence-electron chi connectivity index (χ3n) is 6.46. The van der Waals surface area contributed by atoms with Crippen molar-refractivity contribution in [3.63, 3.8) is 0 Å². The number of amides is 3. The van der Waals surface area contributed by atoms with Crippen LogP contribution >= 0.6 is 0 Å². The molecule has 2 aliphatic rings. The molecule has 3 atom stereocenters. The average Bonchev–Trinajstić information content (AvgIpc) is 3.00. The van der Waals surface area contributed by atoms with Crippen molar-refractivity contribution in [1.82, 2.24) is 15.3 Å². The number of hydrogen-bond donors (Lipinski definition) is 1. The molecule has 30 heavy (non-hydrogen) atoms. The first-order chi connectivity index (χ1) is 14.2. The summed E-state index contributed by atoms with van der Waals surface area (Å²) in [5.74, 6) is -0.506. The summed E-state index contributed by atoms with van der Waals surface area (Å²) in [5.41, 5.74) is 0. The van der Waals surface area contributed by atoms with Gasteiger partial charge in [0.05, 0.1) is 13.0 Å². The summed E-state index contributed by atoms with van der Waals surface area (Å²) >= 11 is 0. The van der Waals surface area contributed by atoms with Gasteiger partial charge < -0.3 is 10.2 Å². The summed E-state index contributed by atoms with van der Waals surface area (Å²) in [6, 6.07) is 0.777. The molecule has 8 nitrogen and oxygen atoms in total. The summed E-state index contributed by atoms with van der Waals surface area (Å²) in [4.78, 5) is 54.3. The fraction of sp³-hybridized carbons (Fsp3) is 0.818. The molecule has 0 saturated carbocycles. The van der Waals surface area contributed by atoms with Crippen LogP contribution < -0.4 is 5.32 Å². The molecular formula is C22H37N3O5. The number of likely N-dealkylation sites (tertiary alicyclic amines) is 1. The fourth-order valence-corrected chi connectivity index (χ4v) is 4.06. The predicted octanol–water partition coefficient (Wildman–Crippen LogP) is 2.42. The molecule has 1 N–H and O–H groups in total. The maximum absolute atomic E-state index is 12.5. The Morgan fingerprint density at radius 1 is 1.13 bits per heavy atom. The van der Waals surface area contributed by atoms with Gasteiger partial charge in [-0.25, -0.2) is 4.79 Å². The van der Waals surface area contributed by atoms with Gasteiger partial charge in [-0.15, -0.1) is 5.06 Å². The van der Waals surface area contributed by atoms with Crippen LogP contribution in [0.4, 0.5) is 0 Å². The van der Waals surface area contributed by atoms with Crippen molar-refractivity contribution in [2.24, 2.45) is 11.8 Å². The van der Waals surface area contributed by atoms with Crippen LogP contribution in [0.2, 0.25) is 0 Å². The average molecular weight is 424 g/mol. The minimum absolute atomic E-state index is 0.0635. The zero-order valence-corrected chi connectivity index (χ0v) is 18.8. The molecule has 2 fully saturated rings. The number of hydrogen-bond acceptors (Lipinski definition) is 6. The summed E-state index contributed by atoms with van der Waals surface area (Å²) in [6.45, 7) is 9.40. The van der Waals surface area contributed by atoms with E-state index < -0.39 is 17.8 Å². The summed E-state index contributed by atoms with van der Waals surface area (Å²) < 4.78 is 0. The third kappa shape index (κ3) is 7.07. The van der Waals surface area contributed by atoms with E-state index in [1.165, 1.54) is 6.42 Å². The van der Waals surface area contributed by atoms with Gasteiger partial charge in [0, 0.05) is 31.5 Å². The van der Waals surface area contributed by atoms with E-state index in [0.29, 0.717) is 35.5 Å². The molecule has 2 rings (SSSR count). The van der Waals surface area contributed by atoms with E-state index in [9.17, 15) is 19.2 Å². The Morgan fingerprint density at radius 3 is 2.43 bits per heavy atom. The van der Waals surface area contributed by atoms with Gasteiger partial charge in [0.15, 0.2) is 0 Å². The molecule has 0 aromatic heterocycles. The van der Waals surface area contributed by atoms with Crippen molar-refractivity contribution < 1.29 is 24.0 Å². The van der Waals surface area contributed by atoms with Crippen molar-refractivity contribution in [1.29, 1.82) is 0 Å². The zero-order valence-electron chi connectivity index (χ0n) is 18.8. The van der Waals surface area contributed by atoms with Crippen LogP contribution in [0.15, 0.2) is 0 Å². The number of carbonyl (C=O) groups excluding carboxylic acids is 4. The maximum atomic E-state index is 12.5. The Kier molecular flexibility index (Phi) is 9.27. The first-order valence-electron chi connectivity index (χ1n) is 11.3. The molecule has 0 aromatic carbocycles. The van der Waals surface area contributed by atoms with E-state index >= 15 is 0 Å². The van der Waals surface area contributed by atoms with E-state index in [0.717, 1.165) is 25.7 Å². The molecule has 3 amide bonds. The van der Waals surface area contributed by atoms with Crippen molar-refractivity contribution in [2.75, 3.05) is 13.1 Å². The second kappa shape index (κ2) is 11.4. The molecule has 2 unspecified atom stereocenters. The van der Waals surface area contributed by atoms with Gasteiger partial charge in [-0.2, -0.15) is 0 Å². The second-order valence-electron chi connectivity index (χ2n) is 9.05. The predicted molar refractivity (Wildman–Crippen MR) is 112 cm³/mol. The molecule has 0 bridgehead atoms. The highest BCUT2D eigenvalue weighted by Gasteiger charge is 2.33. The minimum atomic E-state index is -0.703. The Hall–Kier alpha value is -1.96. The van der Waals surface area contributed by atoms with Crippen molar-refractivity contribution in [2.45, 2.75) is 91.1 Å². The smallest absolute Gasteiger partial charge is 0.334 e. The summed E-state index contributed by atoms with van der Waals surface area (Å²) in [6.07, 6.45) is 5.70. The number of nitrogens with zero attached hydrogens (tertiary/aromatic N) is 2. The first kappa shape index (κ1) is 24.3. The molecule has 2 saturated heterocycles. The van der Waals surface area contributed by atoms with Gasteiger partial charge in [0.25, 0.3) is 11.8 Å². The van der Waals surface area contributed by atoms with Crippen molar-refractivity contribution in [3.8, 4) is 0 Å². The van der Waals surface area contributed by atoms with Gasteiger partial charge in [-0.3, -0.25) is 19.3 Å². The molecule has 8 heteroatoms. The molecule has 0 aromatic rings. The molecule has 170 valence electrons. The van der Waals surface area contributed by atoms with Gasteiger partial charge >= 0.3 is 5.97 Å². The monoisotopic (exact) mass is 423 g/mol. The highest BCUT2D eigenvalue weighted by atomic mass is 16.7. The van der Waals surface area contributed by atoms with E-state index in [1.807, 2.05) is 0 Å². The van der Waals surface area contributed by atoms with Crippen LogP contribution in [-0.4, -0.2) is 58.8 Å². The number of carbonyl (C=O) groups is 4. The van der Waals surface area contributed by atoms with Crippen molar-refractivity contribution >= 4 is 23.7 Å². The standard InChI is InChI=1S/C22H37N3O5/c1-15(2)16(3)8-9-18-7-5-6-17(4)24(18)14-19(26)23-13-12-22(29)30-25-20(27)10-11-21(25)28/h15-18H,5-14H2,1-4H3,(H,23,26)/t16-,17?,18?/m0/s1. The molecule has 0 radical (unpaired) electrons. The van der Waals surface area contributed by atoms with E-state index in [-0.39, 0.29) is 31.7 Å². The largest absolute Gasteiger partial charge is 0.354 e. The lowest BCUT2D eigenvalue weighted by atomic mass is 9.87. The Balaban J connectivity index is 1.75. The highest BCUT2D eigenvalue weighted by molar-refractivity contribution is 6.01. The van der Waals surface area contributed by atoms with Crippen LogP contribution in [0.5, 0.6) is 0 Å². The van der Waals surface area contributed by atoms with Gasteiger partial charge in [-0.05, 0) is 44.4 Å². The lowest BCUT2D eigenvalue weighted by molar-refractivity contribution is -0.197. The molecular weight excluding hydrogens is 386 g/mol. The molecule has 2 heterocycles. The third-order valence-corrected chi connectivity index (χ3v) is 6.46. The van der Waals surface area contributed by atoms with Crippen LogP contribution in [0, 0.1) is 11.8 Å². The second-order valence-corrected chi connectivity index (χ2v) is 9.05. The molecule has 2 aliphatic heterocycles.